The van der Waals surface area contributed by atoms with Gasteiger partial charge in [0.15, 0.2) is 0 Å². The Balaban J connectivity index is 2.33. The lowest BCUT2D eigenvalue weighted by atomic mass is 10.1. The molecule has 0 radical (unpaired) electrons. The Morgan fingerprint density at radius 1 is 1.39 bits per heavy atom. The lowest BCUT2D eigenvalue weighted by Gasteiger charge is -2.21. The van der Waals surface area contributed by atoms with Crippen LogP contribution in [0, 0.1) is 5.92 Å². The van der Waals surface area contributed by atoms with Crippen molar-refractivity contribution >= 4 is 22.7 Å². The van der Waals surface area contributed by atoms with Gasteiger partial charge in [-0.2, -0.15) is 0 Å². The Labute approximate surface area is 105 Å². The molecule has 0 saturated heterocycles. The number of nitrogens with zero attached hydrogens (tertiary/aromatic N) is 3. The smallest absolute Gasteiger partial charge is 0.308 e. The van der Waals surface area contributed by atoms with E-state index in [1.165, 1.54) is 6.33 Å². The van der Waals surface area contributed by atoms with Crippen molar-refractivity contribution in [3.05, 3.63) is 30.6 Å². The van der Waals surface area contributed by atoms with Gasteiger partial charge in [-0.1, -0.05) is 19.1 Å². The molecule has 0 aliphatic carbocycles. The summed E-state index contributed by atoms with van der Waals surface area (Å²) in [6.45, 7) is 2.10. The lowest BCUT2D eigenvalue weighted by Crippen LogP contribution is -2.29. The normalized spacial score (nSPS) is 12.3. The zero-order valence-electron chi connectivity index (χ0n) is 10.4. The number of rotatable bonds is 4. The van der Waals surface area contributed by atoms with Gasteiger partial charge in [0.2, 0.25) is 0 Å². The van der Waals surface area contributed by atoms with Crippen LogP contribution in [0.3, 0.4) is 0 Å². The van der Waals surface area contributed by atoms with E-state index < -0.39 is 11.9 Å². The van der Waals surface area contributed by atoms with E-state index in [2.05, 4.69) is 9.97 Å². The van der Waals surface area contributed by atoms with E-state index >= 15 is 0 Å². The Kier molecular flexibility index (Phi) is 3.41. The number of para-hydroxylation sites is 1. The topological polar surface area (TPSA) is 66.3 Å². The van der Waals surface area contributed by atoms with E-state index in [9.17, 15) is 4.79 Å². The molecule has 94 valence electrons. The van der Waals surface area contributed by atoms with Crippen LogP contribution in [0.15, 0.2) is 30.6 Å². The highest BCUT2D eigenvalue weighted by Crippen LogP contribution is 2.21. The molecular weight excluding hydrogens is 230 g/mol. The van der Waals surface area contributed by atoms with Gasteiger partial charge < -0.3 is 10.0 Å². The Bertz CT molecular complexity index is 566. The first kappa shape index (κ1) is 12.3. The minimum Gasteiger partial charge on any atom is -0.481 e. The third kappa shape index (κ3) is 2.40. The summed E-state index contributed by atoms with van der Waals surface area (Å²) in [4.78, 5) is 21.1. The summed E-state index contributed by atoms with van der Waals surface area (Å²) in [7, 11) is 1.84. The van der Waals surface area contributed by atoms with E-state index in [1.54, 1.807) is 6.92 Å². The first-order chi connectivity index (χ1) is 8.59. The molecule has 2 rings (SSSR count). The number of carbonyl (C=O) groups is 1. The maximum atomic E-state index is 10.9. The number of hydrogen-bond acceptors (Lipinski definition) is 4. The number of aliphatic carboxylic acids is 1. The third-order valence-electron chi connectivity index (χ3n) is 2.85. The SMILES string of the molecule is CC(CN(C)c1ncnc2ccccc12)C(=O)O. The molecule has 1 aromatic heterocycles. The predicted molar refractivity (Wildman–Crippen MR) is 69.6 cm³/mol. The fourth-order valence-electron chi connectivity index (χ4n) is 1.87. The summed E-state index contributed by atoms with van der Waals surface area (Å²) in [6, 6.07) is 7.68. The fraction of sp³-hybridized carbons (Fsp3) is 0.308. The molecule has 1 unspecified atom stereocenters. The molecule has 0 fully saturated rings. The second-order valence-corrected chi connectivity index (χ2v) is 4.33. The number of aromatic nitrogens is 2. The number of fused-ring (bicyclic) bond motifs is 1. The molecule has 0 aliphatic heterocycles. The monoisotopic (exact) mass is 245 g/mol. The summed E-state index contributed by atoms with van der Waals surface area (Å²) in [5.74, 6) is -0.488. The largest absolute Gasteiger partial charge is 0.481 e. The average molecular weight is 245 g/mol. The first-order valence-corrected chi connectivity index (χ1v) is 5.73. The number of carboxylic acids is 1. The van der Waals surface area contributed by atoms with Gasteiger partial charge in [0.1, 0.15) is 12.1 Å². The minimum absolute atomic E-state index is 0.413. The molecular formula is C13H15N3O2. The van der Waals surface area contributed by atoms with Crippen LogP contribution in [-0.2, 0) is 4.79 Å². The molecule has 1 heterocycles. The quantitative estimate of drug-likeness (QED) is 0.889. The van der Waals surface area contributed by atoms with Crippen molar-refractivity contribution in [2.75, 3.05) is 18.5 Å². The van der Waals surface area contributed by atoms with E-state index in [1.807, 2.05) is 36.2 Å². The Hall–Kier alpha value is -2.17. The summed E-state index contributed by atoms with van der Waals surface area (Å²) < 4.78 is 0. The minimum atomic E-state index is -0.805. The molecule has 5 nitrogen and oxygen atoms in total. The standard InChI is InChI=1S/C13H15N3O2/c1-9(13(17)18)7-16(2)12-10-5-3-4-6-11(10)14-8-15-12/h3-6,8-9H,7H2,1-2H3,(H,17,18). The van der Waals surface area contributed by atoms with Crippen molar-refractivity contribution in [2.24, 2.45) is 5.92 Å². The van der Waals surface area contributed by atoms with Crippen LogP contribution in [0.4, 0.5) is 5.82 Å². The molecule has 1 aromatic carbocycles. The zero-order chi connectivity index (χ0) is 13.1. The van der Waals surface area contributed by atoms with Crippen molar-refractivity contribution in [1.82, 2.24) is 9.97 Å². The van der Waals surface area contributed by atoms with Crippen LogP contribution >= 0.6 is 0 Å². The number of hydrogen-bond donors (Lipinski definition) is 1. The molecule has 1 atom stereocenters. The second-order valence-electron chi connectivity index (χ2n) is 4.33. The molecule has 0 spiro atoms. The summed E-state index contributed by atoms with van der Waals surface area (Å²) in [5.41, 5.74) is 0.859. The van der Waals surface area contributed by atoms with Gasteiger partial charge in [-0.15, -0.1) is 0 Å². The van der Waals surface area contributed by atoms with Gasteiger partial charge in [0.25, 0.3) is 0 Å². The van der Waals surface area contributed by atoms with E-state index in [0.717, 1.165) is 16.7 Å². The van der Waals surface area contributed by atoms with Gasteiger partial charge in [0, 0.05) is 19.0 Å². The van der Waals surface area contributed by atoms with Crippen molar-refractivity contribution in [3.8, 4) is 0 Å². The second kappa shape index (κ2) is 5.00. The highest BCUT2D eigenvalue weighted by atomic mass is 16.4. The Morgan fingerprint density at radius 3 is 2.83 bits per heavy atom. The van der Waals surface area contributed by atoms with E-state index in [4.69, 9.17) is 5.11 Å². The maximum absolute atomic E-state index is 10.9. The molecule has 0 saturated carbocycles. The molecule has 2 aromatic rings. The number of carboxylic acid groups (broad SMARTS) is 1. The van der Waals surface area contributed by atoms with Crippen molar-refractivity contribution in [3.63, 3.8) is 0 Å². The van der Waals surface area contributed by atoms with Crippen LogP contribution < -0.4 is 4.90 Å². The van der Waals surface area contributed by atoms with Gasteiger partial charge in [-0.25, -0.2) is 9.97 Å². The van der Waals surface area contributed by atoms with Crippen molar-refractivity contribution in [1.29, 1.82) is 0 Å². The molecule has 1 N–H and O–H groups in total. The summed E-state index contributed by atoms with van der Waals surface area (Å²) in [6.07, 6.45) is 1.50. The molecule has 5 heteroatoms. The average Bonchev–Trinajstić information content (AvgIpc) is 2.37. The van der Waals surface area contributed by atoms with Gasteiger partial charge >= 0.3 is 5.97 Å². The van der Waals surface area contributed by atoms with Crippen molar-refractivity contribution < 1.29 is 9.90 Å². The first-order valence-electron chi connectivity index (χ1n) is 5.73. The lowest BCUT2D eigenvalue weighted by molar-refractivity contribution is -0.140. The van der Waals surface area contributed by atoms with E-state index in [-0.39, 0.29) is 0 Å². The Morgan fingerprint density at radius 2 is 2.11 bits per heavy atom. The zero-order valence-corrected chi connectivity index (χ0v) is 10.4. The molecule has 0 aliphatic rings. The van der Waals surface area contributed by atoms with Gasteiger partial charge in [-0.05, 0) is 12.1 Å². The summed E-state index contributed by atoms with van der Waals surface area (Å²) >= 11 is 0. The highest BCUT2D eigenvalue weighted by molar-refractivity contribution is 5.89. The van der Waals surface area contributed by atoms with Crippen LogP contribution in [0.1, 0.15) is 6.92 Å². The van der Waals surface area contributed by atoms with Gasteiger partial charge in [0.05, 0.1) is 11.4 Å². The summed E-state index contributed by atoms with van der Waals surface area (Å²) in [5, 5.41) is 9.86. The van der Waals surface area contributed by atoms with Gasteiger partial charge in [-0.3, -0.25) is 4.79 Å². The molecule has 0 bridgehead atoms. The van der Waals surface area contributed by atoms with Crippen LogP contribution in [-0.4, -0.2) is 34.6 Å². The predicted octanol–water partition coefficient (Wildman–Crippen LogP) is 1.79. The third-order valence-corrected chi connectivity index (χ3v) is 2.85. The molecule has 0 amide bonds. The van der Waals surface area contributed by atoms with Crippen molar-refractivity contribution in [2.45, 2.75) is 6.92 Å². The van der Waals surface area contributed by atoms with Crippen LogP contribution in [0.25, 0.3) is 10.9 Å². The van der Waals surface area contributed by atoms with E-state index in [0.29, 0.717) is 6.54 Å². The van der Waals surface area contributed by atoms with Crippen LogP contribution in [0.2, 0.25) is 0 Å². The fourth-order valence-corrected chi connectivity index (χ4v) is 1.87. The number of anilines is 1. The molecule has 18 heavy (non-hydrogen) atoms. The highest BCUT2D eigenvalue weighted by Gasteiger charge is 2.16. The van der Waals surface area contributed by atoms with Crippen LogP contribution in [0.5, 0.6) is 0 Å². The maximum Gasteiger partial charge on any atom is 0.308 e. The number of benzene rings is 1.